The van der Waals surface area contributed by atoms with Gasteiger partial charge < -0.3 is 20.5 Å². The van der Waals surface area contributed by atoms with E-state index in [-0.39, 0.29) is 29.7 Å². The summed E-state index contributed by atoms with van der Waals surface area (Å²) >= 11 is 0. The van der Waals surface area contributed by atoms with Gasteiger partial charge in [0, 0.05) is 32.0 Å². The van der Waals surface area contributed by atoms with Crippen molar-refractivity contribution in [3.63, 3.8) is 0 Å². The van der Waals surface area contributed by atoms with Crippen LogP contribution in [0.3, 0.4) is 0 Å². The lowest BCUT2D eigenvalue weighted by Gasteiger charge is -2.12. The van der Waals surface area contributed by atoms with E-state index in [2.05, 4.69) is 51.9 Å². The molecule has 3 rings (SSSR count). The zero-order chi connectivity index (χ0) is 21.2. The molecule has 3 N–H and O–H groups in total. The van der Waals surface area contributed by atoms with Gasteiger partial charge in [-0.05, 0) is 61.2 Å². The van der Waals surface area contributed by atoms with Crippen LogP contribution in [0, 0.1) is 0 Å². The van der Waals surface area contributed by atoms with E-state index in [0.29, 0.717) is 12.3 Å². The van der Waals surface area contributed by atoms with Gasteiger partial charge in [0.2, 0.25) is 0 Å². The van der Waals surface area contributed by atoms with Crippen LogP contribution in [0.4, 0.5) is 0 Å². The molecule has 1 aromatic heterocycles. The van der Waals surface area contributed by atoms with Crippen LogP contribution in [-0.2, 0) is 12.8 Å². The van der Waals surface area contributed by atoms with Crippen LogP contribution >= 0.6 is 24.0 Å². The van der Waals surface area contributed by atoms with Gasteiger partial charge in [0.05, 0.1) is 12.8 Å². The molecule has 7 nitrogen and oxygen atoms in total. The van der Waals surface area contributed by atoms with E-state index in [1.165, 1.54) is 5.56 Å². The van der Waals surface area contributed by atoms with Crippen LogP contribution in [0.15, 0.2) is 65.9 Å². The lowest BCUT2D eigenvalue weighted by atomic mass is 10.1. The zero-order valence-electron chi connectivity index (χ0n) is 17.9. The Morgan fingerprint density at radius 3 is 2.55 bits per heavy atom. The number of benzene rings is 2. The summed E-state index contributed by atoms with van der Waals surface area (Å²) in [6, 6.07) is 15.7. The maximum atomic E-state index is 9.70. The first-order valence-electron chi connectivity index (χ1n) is 10.2. The minimum Gasteiger partial charge on any atom is -0.504 e. The summed E-state index contributed by atoms with van der Waals surface area (Å²) in [4.78, 5) is 4.67. The third-order valence-electron chi connectivity index (χ3n) is 4.67. The Bertz CT molecular complexity index is 943. The smallest absolute Gasteiger partial charge is 0.191 e. The third-order valence-corrected chi connectivity index (χ3v) is 4.67. The number of phenols is 1. The van der Waals surface area contributed by atoms with Gasteiger partial charge in [0.1, 0.15) is 0 Å². The number of nitrogens with one attached hydrogen (secondary N) is 2. The van der Waals surface area contributed by atoms with Gasteiger partial charge in [0.15, 0.2) is 17.5 Å². The van der Waals surface area contributed by atoms with E-state index < -0.39 is 0 Å². The summed E-state index contributed by atoms with van der Waals surface area (Å²) in [5.41, 5.74) is 3.38. The van der Waals surface area contributed by atoms with Crippen molar-refractivity contribution in [1.29, 1.82) is 0 Å². The summed E-state index contributed by atoms with van der Waals surface area (Å²) in [6.45, 7) is 4.29. The van der Waals surface area contributed by atoms with E-state index in [9.17, 15) is 5.11 Å². The molecule has 1 heterocycles. The molecule has 2 aromatic carbocycles. The summed E-state index contributed by atoms with van der Waals surface area (Å²) in [7, 11) is 1.55. The van der Waals surface area contributed by atoms with Gasteiger partial charge in [-0.1, -0.05) is 18.2 Å². The topological polar surface area (TPSA) is 83.7 Å². The molecular formula is C23H30IN5O2. The van der Waals surface area contributed by atoms with Crippen LogP contribution in [0.5, 0.6) is 11.5 Å². The van der Waals surface area contributed by atoms with Crippen molar-refractivity contribution >= 4 is 29.9 Å². The minimum atomic E-state index is 0. The van der Waals surface area contributed by atoms with Crippen molar-refractivity contribution in [2.75, 3.05) is 26.7 Å². The molecule has 0 atom stereocenters. The molecule has 0 unspecified atom stereocenters. The van der Waals surface area contributed by atoms with Gasteiger partial charge in [-0.2, -0.15) is 5.10 Å². The molecular weight excluding hydrogens is 505 g/mol. The number of phenolic OH excluding ortho intramolecular Hbond substituents is 1. The molecule has 0 aliphatic heterocycles. The zero-order valence-corrected chi connectivity index (χ0v) is 20.2. The summed E-state index contributed by atoms with van der Waals surface area (Å²) in [6.07, 6.45) is 5.37. The van der Waals surface area contributed by atoms with Crippen LogP contribution in [-0.4, -0.2) is 47.6 Å². The second kappa shape index (κ2) is 12.8. The third kappa shape index (κ3) is 7.46. The van der Waals surface area contributed by atoms with Crippen LogP contribution < -0.4 is 15.4 Å². The molecule has 3 aromatic rings. The first kappa shape index (κ1) is 24.5. The second-order valence-electron chi connectivity index (χ2n) is 6.81. The highest BCUT2D eigenvalue weighted by Gasteiger charge is 2.04. The SMILES string of the molecule is CCNC(=NCCc1ccc(-n2cccn2)cc1)NCCc1ccc(O)c(OC)c1.I. The molecule has 0 amide bonds. The highest BCUT2D eigenvalue weighted by atomic mass is 127. The van der Waals surface area contributed by atoms with Crippen molar-refractivity contribution in [2.24, 2.45) is 4.99 Å². The van der Waals surface area contributed by atoms with Crippen molar-refractivity contribution in [3.8, 4) is 17.2 Å². The fourth-order valence-corrected chi connectivity index (χ4v) is 3.08. The minimum absolute atomic E-state index is 0. The molecule has 0 saturated carbocycles. The number of nitrogens with zero attached hydrogens (tertiary/aromatic N) is 3. The Hall–Kier alpha value is -2.75. The largest absolute Gasteiger partial charge is 0.504 e. The molecule has 0 aliphatic carbocycles. The number of halogens is 1. The summed E-state index contributed by atoms with van der Waals surface area (Å²) < 4.78 is 7.01. The lowest BCUT2D eigenvalue weighted by Crippen LogP contribution is -2.38. The summed E-state index contributed by atoms with van der Waals surface area (Å²) in [5.74, 6) is 1.45. The van der Waals surface area contributed by atoms with E-state index in [1.807, 2.05) is 29.1 Å². The number of aromatic hydroxyl groups is 1. The second-order valence-corrected chi connectivity index (χ2v) is 6.81. The molecule has 0 spiro atoms. The Kier molecular flexibility index (Phi) is 10.2. The number of ether oxygens (including phenoxy) is 1. The fourth-order valence-electron chi connectivity index (χ4n) is 3.08. The normalized spacial score (nSPS) is 11.0. The van der Waals surface area contributed by atoms with Crippen molar-refractivity contribution in [1.82, 2.24) is 20.4 Å². The summed E-state index contributed by atoms with van der Waals surface area (Å²) in [5, 5.41) is 20.6. The van der Waals surface area contributed by atoms with Crippen LogP contribution in [0.2, 0.25) is 0 Å². The number of guanidine groups is 1. The van der Waals surface area contributed by atoms with Crippen LogP contribution in [0.25, 0.3) is 5.69 Å². The van der Waals surface area contributed by atoms with E-state index in [1.54, 1.807) is 19.4 Å². The average Bonchev–Trinajstić information content (AvgIpc) is 3.30. The fraction of sp³-hybridized carbons (Fsp3) is 0.304. The predicted octanol–water partition coefficient (Wildman–Crippen LogP) is 3.54. The maximum absolute atomic E-state index is 9.70. The van der Waals surface area contributed by atoms with Crippen molar-refractivity contribution in [2.45, 2.75) is 19.8 Å². The van der Waals surface area contributed by atoms with E-state index in [4.69, 9.17) is 4.74 Å². The molecule has 0 fully saturated rings. The maximum Gasteiger partial charge on any atom is 0.191 e. The average molecular weight is 535 g/mol. The van der Waals surface area contributed by atoms with Crippen molar-refractivity contribution < 1.29 is 9.84 Å². The highest BCUT2D eigenvalue weighted by molar-refractivity contribution is 14.0. The van der Waals surface area contributed by atoms with Crippen LogP contribution in [0.1, 0.15) is 18.1 Å². The molecule has 166 valence electrons. The molecule has 0 radical (unpaired) electrons. The number of aromatic nitrogens is 2. The monoisotopic (exact) mass is 535 g/mol. The van der Waals surface area contributed by atoms with Gasteiger partial charge in [-0.15, -0.1) is 24.0 Å². The Balaban J connectivity index is 0.00000341. The van der Waals surface area contributed by atoms with Gasteiger partial charge >= 0.3 is 0 Å². The van der Waals surface area contributed by atoms with Gasteiger partial charge in [-0.25, -0.2) is 4.68 Å². The van der Waals surface area contributed by atoms with Gasteiger partial charge in [0.25, 0.3) is 0 Å². The number of rotatable bonds is 9. The standard InChI is InChI=1S/C23H29N5O2.HI/c1-3-24-23(26-15-12-19-7-10-21(29)22(17-19)30-2)25-14-11-18-5-8-20(9-6-18)28-16-4-13-27-28;/h4-10,13,16-17,29H,3,11-12,14-15H2,1-2H3,(H2,24,25,26);1H. The first-order chi connectivity index (χ1) is 14.7. The molecule has 0 aliphatic rings. The van der Waals surface area contributed by atoms with E-state index >= 15 is 0 Å². The molecule has 0 bridgehead atoms. The Labute approximate surface area is 200 Å². The lowest BCUT2D eigenvalue weighted by molar-refractivity contribution is 0.373. The van der Waals surface area contributed by atoms with Crippen molar-refractivity contribution in [3.05, 3.63) is 72.1 Å². The Morgan fingerprint density at radius 2 is 1.87 bits per heavy atom. The van der Waals surface area contributed by atoms with E-state index in [0.717, 1.165) is 43.1 Å². The number of aliphatic imine (C=N–C) groups is 1. The number of methoxy groups -OCH3 is 1. The highest BCUT2D eigenvalue weighted by Crippen LogP contribution is 2.26. The Morgan fingerprint density at radius 1 is 1.10 bits per heavy atom. The molecule has 31 heavy (non-hydrogen) atoms. The molecule has 8 heteroatoms. The predicted molar refractivity (Wildman–Crippen MR) is 135 cm³/mol. The number of hydrogen-bond donors (Lipinski definition) is 3. The first-order valence-corrected chi connectivity index (χ1v) is 10.2. The number of hydrogen-bond acceptors (Lipinski definition) is 4. The molecule has 0 saturated heterocycles. The van der Waals surface area contributed by atoms with Gasteiger partial charge in [-0.3, -0.25) is 4.99 Å². The quantitative estimate of drug-likeness (QED) is 0.222.